The number of methoxy groups -OCH3 is 1. The van der Waals surface area contributed by atoms with Crippen LogP contribution in [0, 0.1) is 5.82 Å². The highest BCUT2D eigenvalue weighted by atomic mass is 35.5. The van der Waals surface area contributed by atoms with E-state index in [-0.39, 0.29) is 29.4 Å². The van der Waals surface area contributed by atoms with E-state index in [0.717, 1.165) is 0 Å². The van der Waals surface area contributed by atoms with Crippen LogP contribution in [0.5, 0.6) is 5.75 Å². The fourth-order valence-corrected chi connectivity index (χ4v) is 4.62. The Balaban J connectivity index is 1.57. The lowest BCUT2D eigenvalue weighted by molar-refractivity contribution is 0.0497. The Morgan fingerprint density at radius 1 is 1.26 bits per heavy atom. The lowest BCUT2D eigenvalue weighted by Gasteiger charge is -2.34. The zero-order chi connectivity index (χ0) is 24.6. The van der Waals surface area contributed by atoms with Crippen LogP contribution in [0.1, 0.15) is 49.5 Å². The van der Waals surface area contributed by atoms with Crippen molar-refractivity contribution >= 4 is 29.4 Å². The smallest absolute Gasteiger partial charge is 0.407 e. The lowest BCUT2D eigenvalue weighted by atomic mass is 9.97. The average Bonchev–Trinajstić information content (AvgIpc) is 3.13. The number of nitrogens with zero attached hydrogens (tertiary/aromatic N) is 2. The van der Waals surface area contributed by atoms with Gasteiger partial charge < -0.3 is 25.0 Å². The van der Waals surface area contributed by atoms with Gasteiger partial charge in [0.25, 0.3) is 5.91 Å². The number of alkyl carbamates (subject to hydrolysis) is 1. The molecule has 1 aromatic heterocycles. The molecule has 0 spiro atoms. The number of halogens is 2. The van der Waals surface area contributed by atoms with Crippen LogP contribution in [0.4, 0.5) is 15.0 Å². The Kier molecular flexibility index (Phi) is 6.58. The molecule has 1 fully saturated rings. The van der Waals surface area contributed by atoms with Crippen LogP contribution >= 0.6 is 11.6 Å². The van der Waals surface area contributed by atoms with Crippen molar-refractivity contribution in [3.8, 4) is 16.9 Å². The number of fused-ring (bicyclic) bond motifs is 1. The average molecular weight is 491 g/mol. The van der Waals surface area contributed by atoms with Crippen molar-refractivity contribution in [3.63, 3.8) is 0 Å². The van der Waals surface area contributed by atoms with Gasteiger partial charge >= 0.3 is 6.09 Å². The molecule has 2 aromatic rings. The molecule has 182 valence electrons. The summed E-state index contributed by atoms with van der Waals surface area (Å²) in [5.74, 6) is -0.134. The van der Waals surface area contributed by atoms with Crippen LogP contribution in [0.2, 0.25) is 5.15 Å². The number of anilines is 1. The third kappa shape index (κ3) is 4.89. The normalized spacial score (nSPS) is 16.2. The van der Waals surface area contributed by atoms with E-state index in [1.54, 1.807) is 6.07 Å². The molecule has 4 rings (SSSR count). The number of aromatic nitrogens is 1. The monoisotopic (exact) mass is 490 g/mol. The van der Waals surface area contributed by atoms with E-state index >= 15 is 0 Å². The number of carbonyl (C=O) groups is 2. The Bertz CT molecular complexity index is 1130. The number of piperidine rings is 1. The number of pyridine rings is 1. The molecule has 0 atom stereocenters. The van der Waals surface area contributed by atoms with Crippen molar-refractivity contribution in [3.05, 3.63) is 40.3 Å². The van der Waals surface area contributed by atoms with Gasteiger partial charge in [0.2, 0.25) is 0 Å². The molecule has 0 unspecified atom stereocenters. The third-order valence-corrected chi connectivity index (χ3v) is 6.12. The summed E-state index contributed by atoms with van der Waals surface area (Å²) >= 11 is 6.60. The Hall–Kier alpha value is -3.07. The van der Waals surface area contributed by atoms with Gasteiger partial charge in [0.1, 0.15) is 16.6 Å². The molecule has 8 nitrogen and oxygen atoms in total. The number of carbonyl (C=O) groups excluding carboxylic acids is 2. The van der Waals surface area contributed by atoms with E-state index in [0.29, 0.717) is 54.0 Å². The summed E-state index contributed by atoms with van der Waals surface area (Å²) < 4.78 is 24.7. The first kappa shape index (κ1) is 24.1. The van der Waals surface area contributed by atoms with Crippen LogP contribution in [0.3, 0.4) is 0 Å². The van der Waals surface area contributed by atoms with Gasteiger partial charge in [-0.2, -0.15) is 0 Å². The highest BCUT2D eigenvalue weighted by Crippen LogP contribution is 2.40. The minimum atomic E-state index is -0.562. The topological polar surface area (TPSA) is 92.8 Å². The number of amides is 2. The fraction of sp³-hybridized carbons (Fsp3) is 0.458. The van der Waals surface area contributed by atoms with Crippen LogP contribution in [-0.2, 0) is 11.3 Å². The van der Waals surface area contributed by atoms with Gasteiger partial charge in [-0.3, -0.25) is 4.79 Å². The number of nitrogens with one attached hydrogen (secondary N) is 2. The Morgan fingerprint density at radius 3 is 2.59 bits per heavy atom. The summed E-state index contributed by atoms with van der Waals surface area (Å²) in [7, 11) is 1.40. The van der Waals surface area contributed by atoms with Gasteiger partial charge in [0.15, 0.2) is 11.6 Å². The molecule has 3 heterocycles. The molecule has 2 N–H and O–H groups in total. The lowest BCUT2D eigenvalue weighted by Crippen LogP contribution is -2.46. The fourth-order valence-electron chi connectivity index (χ4n) is 4.32. The molecule has 0 aliphatic carbocycles. The zero-order valence-corrected chi connectivity index (χ0v) is 20.4. The second-order valence-electron chi connectivity index (χ2n) is 9.39. The van der Waals surface area contributed by atoms with E-state index in [1.165, 1.54) is 19.2 Å². The highest BCUT2D eigenvalue weighted by Gasteiger charge is 2.33. The quantitative estimate of drug-likeness (QED) is 0.621. The molecule has 0 bridgehead atoms. The molecule has 1 saturated heterocycles. The summed E-state index contributed by atoms with van der Waals surface area (Å²) in [6.45, 7) is 6.91. The largest absolute Gasteiger partial charge is 0.494 e. The van der Waals surface area contributed by atoms with Crippen molar-refractivity contribution in [1.29, 1.82) is 0 Å². The van der Waals surface area contributed by atoms with Crippen LogP contribution in [0.15, 0.2) is 18.2 Å². The SMILES string of the molecule is COc1ccc(-c2c(Cl)nc(N3CCC(NC(=O)OC(C)(C)C)CC3)c3c2CNC3=O)cc1F. The van der Waals surface area contributed by atoms with Gasteiger partial charge in [-0.05, 0) is 56.9 Å². The minimum absolute atomic E-state index is 0.0370. The molecule has 2 amide bonds. The van der Waals surface area contributed by atoms with E-state index in [2.05, 4.69) is 15.6 Å². The van der Waals surface area contributed by atoms with Gasteiger partial charge in [-0.25, -0.2) is 14.2 Å². The van der Waals surface area contributed by atoms with E-state index in [9.17, 15) is 14.0 Å². The number of ether oxygens (including phenoxy) is 2. The summed E-state index contributed by atoms with van der Waals surface area (Å²) in [4.78, 5) is 31.4. The van der Waals surface area contributed by atoms with E-state index in [1.807, 2.05) is 25.7 Å². The first-order chi connectivity index (χ1) is 16.1. The maximum absolute atomic E-state index is 14.4. The summed E-state index contributed by atoms with van der Waals surface area (Å²) in [5.41, 5.74) is 1.64. The van der Waals surface area contributed by atoms with Crippen molar-refractivity contribution in [2.45, 2.75) is 51.8 Å². The molecule has 2 aliphatic heterocycles. The van der Waals surface area contributed by atoms with Crippen LogP contribution < -0.4 is 20.3 Å². The van der Waals surface area contributed by atoms with Gasteiger partial charge in [-0.1, -0.05) is 17.7 Å². The molecule has 0 radical (unpaired) electrons. The van der Waals surface area contributed by atoms with E-state index < -0.39 is 17.5 Å². The van der Waals surface area contributed by atoms with Crippen molar-refractivity contribution in [2.75, 3.05) is 25.1 Å². The standard InChI is InChI=1S/C24H28ClFN4O4/c1-24(2,3)34-23(32)28-14-7-9-30(10-8-14)21-19-15(12-27-22(19)31)18(20(25)29-21)13-5-6-17(33-4)16(26)11-13/h5-6,11,14H,7-10,12H2,1-4H3,(H,27,31)(H,28,32). The second-order valence-corrected chi connectivity index (χ2v) is 9.75. The van der Waals surface area contributed by atoms with Crippen molar-refractivity contribution in [2.24, 2.45) is 0 Å². The maximum atomic E-state index is 14.4. The summed E-state index contributed by atoms with van der Waals surface area (Å²) in [5, 5.41) is 5.94. The maximum Gasteiger partial charge on any atom is 0.407 e. The first-order valence-corrected chi connectivity index (χ1v) is 11.5. The third-order valence-electron chi connectivity index (χ3n) is 5.85. The van der Waals surface area contributed by atoms with E-state index in [4.69, 9.17) is 21.1 Å². The van der Waals surface area contributed by atoms with Gasteiger partial charge in [-0.15, -0.1) is 0 Å². The molecule has 34 heavy (non-hydrogen) atoms. The predicted octanol–water partition coefficient (Wildman–Crippen LogP) is 4.29. The number of hydrogen-bond donors (Lipinski definition) is 2. The Morgan fingerprint density at radius 2 is 1.97 bits per heavy atom. The molecular formula is C24H28ClFN4O4. The Labute approximate surface area is 202 Å². The second kappa shape index (κ2) is 9.29. The van der Waals surface area contributed by atoms with Gasteiger partial charge in [0.05, 0.1) is 12.7 Å². The van der Waals surface area contributed by atoms with Gasteiger partial charge in [0, 0.05) is 31.2 Å². The van der Waals surface area contributed by atoms with Crippen LogP contribution in [-0.4, -0.2) is 48.8 Å². The van der Waals surface area contributed by atoms with Crippen LogP contribution in [0.25, 0.3) is 11.1 Å². The molecule has 10 heteroatoms. The predicted molar refractivity (Wildman–Crippen MR) is 127 cm³/mol. The molecule has 2 aliphatic rings. The first-order valence-electron chi connectivity index (χ1n) is 11.2. The molecule has 0 saturated carbocycles. The molecule has 1 aromatic carbocycles. The molecular weight excluding hydrogens is 463 g/mol. The minimum Gasteiger partial charge on any atom is -0.494 e. The number of benzene rings is 1. The number of rotatable bonds is 4. The van der Waals surface area contributed by atoms with Crippen molar-refractivity contribution < 1.29 is 23.5 Å². The van der Waals surface area contributed by atoms with Crippen molar-refractivity contribution in [1.82, 2.24) is 15.6 Å². The zero-order valence-electron chi connectivity index (χ0n) is 19.6. The number of hydrogen-bond acceptors (Lipinski definition) is 6. The summed E-state index contributed by atoms with van der Waals surface area (Å²) in [6, 6.07) is 4.51. The summed E-state index contributed by atoms with van der Waals surface area (Å²) in [6.07, 6.45) is 0.893. The highest BCUT2D eigenvalue weighted by molar-refractivity contribution is 6.33.